The smallest absolute Gasteiger partial charge is 0.381 e. The third-order valence-electron chi connectivity index (χ3n) is 4.73. The molecule has 1 heterocycles. The lowest BCUT2D eigenvalue weighted by molar-refractivity contribution is -0.181. The Labute approximate surface area is 148 Å². The summed E-state index contributed by atoms with van der Waals surface area (Å²) in [5.41, 5.74) is 0. The summed E-state index contributed by atoms with van der Waals surface area (Å²) in [6, 6.07) is -1.39. The fraction of sp³-hybridized carbons (Fsp3) is 0.941. The van der Waals surface area contributed by atoms with Crippen LogP contribution in [0.5, 0.6) is 0 Å². The molecule has 2 fully saturated rings. The van der Waals surface area contributed by atoms with E-state index in [1.165, 1.54) is 24.7 Å². The minimum absolute atomic E-state index is 0.398. The lowest BCUT2D eigenvalue weighted by atomic mass is 10.2. The highest BCUT2D eigenvalue weighted by Gasteiger charge is 2.41. The van der Waals surface area contributed by atoms with Crippen LogP contribution in [-0.2, 0) is 4.74 Å². The molecule has 1 saturated carbocycles. The number of nitrogens with zero attached hydrogens (tertiary/aromatic N) is 3. The van der Waals surface area contributed by atoms with Crippen LogP contribution >= 0.6 is 0 Å². The Morgan fingerprint density at radius 3 is 2.48 bits per heavy atom. The number of halogens is 3. The molecule has 2 rings (SSSR count). The third-order valence-corrected chi connectivity index (χ3v) is 4.73. The summed E-state index contributed by atoms with van der Waals surface area (Å²) in [6.45, 7) is 8.15. The van der Waals surface area contributed by atoms with Crippen molar-refractivity contribution in [2.45, 2.75) is 45.3 Å². The Hall–Kier alpha value is -1.02. The fourth-order valence-electron chi connectivity index (χ4n) is 2.84. The van der Waals surface area contributed by atoms with Gasteiger partial charge < -0.3 is 15.0 Å². The Morgan fingerprint density at radius 2 is 1.92 bits per heavy atom. The van der Waals surface area contributed by atoms with Gasteiger partial charge in [-0.25, -0.2) is 0 Å². The van der Waals surface area contributed by atoms with E-state index in [4.69, 9.17) is 4.74 Å². The van der Waals surface area contributed by atoms with Crippen molar-refractivity contribution >= 4 is 5.96 Å². The monoisotopic (exact) mass is 364 g/mol. The molecule has 0 bridgehead atoms. The third kappa shape index (κ3) is 7.01. The lowest BCUT2D eigenvalue weighted by Crippen LogP contribution is -2.56. The molecule has 0 aromatic heterocycles. The average Bonchev–Trinajstić information content (AvgIpc) is 3.40. The van der Waals surface area contributed by atoms with Gasteiger partial charge in [-0.1, -0.05) is 0 Å². The van der Waals surface area contributed by atoms with Crippen molar-refractivity contribution in [3.8, 4) is 0 Å². The summed E-state index contributed by atoms with van der Waals surface area (Å²) < 4.78 is 44.1. The molecule has 0 aromatic rings. The number of rotatable bonds is 8. The predicted octanol–water partition coefficient (Wildman–Crippen LogP) is 2.34. The number of guanidine groups is 1. The molecular formula is C17H31F3N4O. The van der Waals surface area contributed by atoms with E-state index in [0.29, 0.717) is 32.7 Å². The van der Waals surface area contributed by atoms with E-state index >= 15 is 0 Å². The van der Waals surface area contributed by atoms with E-state index < -0.39 is 12.2 Å². The Kier molecular flexibility index (Phi) is 7.81. The number of hydrogen-bond acceptors (Lipinski definition) is 3. The average molecular weight is 364 g/mol. The lowest BCUT2D eigenvalue weighted by Gasteiger charge is -2.39. The maximum atomic E-state index is 12.8. The number of hydrogen-bond donors (Lipinski definition) is 1. The van der Waals surface area contributed by atoms with Crippen molar-refractivity contribution in [2.75, 3.05) is 52.5 Å². The van der Waals surface area contributed by atoms with E-state index in [1.54, 1.807) is 0 Å². The molecule has 146 valence electrons. The molecular weight excluding hydrogens is 333 g/mol. The maximum Gasteiger partial charge on any atom is 0.403 e. The quantitative estimate of drug-likeness (QED) is 0.408. The maximum absolute atomic E-state index is 12.8. The highest BCUT2D eigenvalue weighted by atomic mass is 19.4. The van der Waals surface area contributed by atoms with Gasteiger partial charge in [0, 0.05) is 52.5 Å². The SMILES string of the molecule is CCNC(=NCCCOCC1CC1)N1CCN(C(C)C(F)(F)F)CC1. The summed E-state index contributed by atoms with van der Waals surface area (Å²) in [5, 5.41) is 3.24. The van der Waals surface area contributed by atoms with Gasteiger partial charge in [-0.2, -0.15) is 13.2 Å². The molecule has 0 radical (unpaired) electrons. The zero-order chi connectivity index (χ0) is 18.3. The summed E-state index contributed by atoms with van der Waals surface area (Å²) in [4.78, 5) is 8.14. The molecule has 1 atom stereocenters. The molecule has 1 N–H and O–H groups in total. The van der Waals surface area contributed by atoms with E-state index in [0.717, 1.165) is 38.1 Å². The molecule has 25 heavy (non-hydrogen) atoms. The Bertz CT molecular complexity index is 419. The molecule has 0 spiro atoms. The summed E-state index contributed by atoms with van der Waals surface area (Å²) in [7, 11) is 0. The number of alkyl halides is 3. The second-order valence-electron chi connectivity index (χ2n) is 6.85. The topological polar surface area (TPSA) is 40.1 Å². The van der Waals surface area contributed by atoms with Gasteiger partial charge in [0.1, 0.15) is 6.04 Å². The van der Waals surface area contributed by atoms with E-state index in [-0.39, 0.29) is 0 Å². The number of aliphatic imine (C=N–C) groups is 1. The van der Waals surface area contributed by atoms with E-state index in [2.05, 4.69) is 10.3 Å². The van der Waals surface area contributed by atoms with Gasteiger partial charge in [-0.3, -0.25) is 9.89 Å². The summed E-state index contributed by atoms with van der Waals surface area (Å²) in [6.07, 6.45) is -0.711. The number of nitrogens with one attached hydrogen (secondary N) is 1. The van der Waals surface area contributed by atoms with Crippen LogP contribution in [0.4, 0.5) is 13.2 Å². The molecule has 0 aromatic carbocycles. The molecule has 1 unspecified atom stereocenters. The van der Waals surface area contributed by atoms with Crippen molar-refractivity contribution in [3.05, 3.63) is 0 Å². The second-order valence-corrected chi connectivity index (χ2v) is 6.85. The number of piperazine rings is 1. The molecule has 2 aliphatic rings. The van der Waals surface area contributed by atoms with Crippen LogP contribution in [0.2, 0.25) is 0 Å². The van der Waals surface area contributed by atoms with Gasteiger partial charge in [0.15, 0.2) is 5.96 Å². The predicted molar refractivity (Wildman–Crippen MR) is 92.8 cm³/mol. The van der Waals surface area contributed by atoms with Gasteiger partial charge >= 0.3 is 6.18 Å². The van der Waals surface area contributed by atoms with Crippen molar-refractivity contribution in [1.82, 2.24) is 15.1 Å². The van der Waals surface area contributed by atoms with Crippen molar-refractivity contribution < 1.29 is 17.9 Å². The second kappa shape index (κ2) is 9.62. The first-order valence-corrected chi connectivity index (χ1v) is 9.33. The van der Waals surface area contributed by atoms with Crippen LogP contribution in [0.15, 0.2) is 4.99 Å². The van der Waals surface area contributed by atoms with Crippen LogP contribution in [0.25, 0.3) is 0 Å². The zero-order valence-corrected chi connectivity index (χ0v) is 15.3. The first-order valence-electron chi connectivity index (χ1n) is 9.33. The molecule has 0 amide bonds. The van der Waals surface area contributed by atoms with Gasteiger partial charge in [0.2, 0.25) is 0 Å². The summed E-state index contributed by atoms with van der Waals surface area (Å²) in [5.74, 6) is 1.57. The van der Waals surface area contributed by atoms with Gasteiger partial charge in [0.25, 0.3) is 0 Å². The largest absolute Gasteiger partial charge is 0.403 e. The van der Waals surface area contributed by atoms with Crippen LogP contribution in [0, 0.1) is 5.92 Å². The van der Waals surface area contributed by atoms with Crippen molar-refractivity contribution in [3.63, 3.8) is 0 Å². The van der Waals surface area contributed by atoms with E-state index in [9.17, 15) is 13.2 Å². The van der Waals surface area contributed by atoms with Crippen LogP contribution < -0.4 is 5.32 Å². The normalized spacial score (nSPS) is 21.5. The summed E-state index contributed by atoms with van der Waals surface area (Å²) >= 11 is 0. The first kappa shape index (κ1) is 20.3. The minimum atomic E-state index is -4.17. The van der Waals surface area contributed by atoms with Gasteiger partial charge in [-0.05, 0) is 39.0 Å². The zero-order valence-electron chi connectivity index (χ0n) is 15.3. The Morgan fingerprint density at radius 1 is 1.24 bits per heavy atom. The molecule has 1 aliphatic heterocycles. The standard InChI is InChI=1S/C17H31F3N4O/c1-3-21-16(22-7-4-12-25-13-15-5-6-15)24-10-8-23(9-11-24)14(2)17(18,19)20/h14-15H,3-13H2,1-2H3,(H,21,22). The van der Waals surface area contributed by atoms with Crippen molar-refractivity contribution in [1.29, 1.82) is 0 Å². The Balaban J connectivity index is 1.72. The fourth-order valence-corrected chi connectivity index (χ4v) is 2.84. The van der Waals surface area contributed by atoms with Crippen molar-refractivity contribution in [2.24, 2.45) is 10.9 Å². The van der Waals surface area contributed by atoms with E-state index in [1.807, 2.05) is 11.8 Å². The minimum Gasteiger partial charge on any atom is -0.381 e. The van der Waals surface area contributed by atoms with Gasteiger partial charge in [0.05, 0.1) is 0 Å². The highest BCUT2D eigenvalue weighted by Crippen LogP contribution is 2.28. The van der Waals surface area contributed by atoms with Crippen LogP contribution in [0.3, 0.4) is 0 Å². The molecule has 8 heteroatoms. The molecule has 1 aliphatic carbocycles. The molecule has 5 nitrogen and oxygen atoms in total. The highest BCUT2D eigenvalue weighted by molar-refractivity contribution is 5.80. The number of ether oxygens (including phenoxy) is 1. The van der Waals surface area contributed by atoms with Crippen LogP contribution in [0.1, 0.15) is 33.1 Å². The first-order chi connectivity index (χ1) is 11.9. The molecule has 1 saturated heterocycles. The van der Waals surface area contributed by atoms with Gasteiger partial charge in [-0.15, -0.1) is 0 Å². The van der Waals surface area contributed by atoms with Crippen LogP contribution in [-0.4, -0.2) is 80.5 Å².